The first-order valence-electron chi connectivity index (χ1n) is 9.28. The number of ether oxygens (including phenoxy) is 1. The van der Waals surface area contributed by atoms with Crippen LogP contribution in [-0.2, 0) is 14.8 Å². The van der Waals surface area contributed by atoms with Crippen molar-refractivity contribution in [2.24, 2.45) is 16.3 Å². The van der Waals surface area contributed by atoms with E-state index in [4.69, 9.17) is 4.74 Å². The van der Waals surface area contributed by atoms with Crippen molar-refractivity contribution in [3.8, 4) is 0 Å². The van der Waals surface area contributed by atoms with Crippen LogP contribution in [0.25, 0.3) is 0 Å². The molecular formula is C17H34N4O3S. The fraction of sp³-hybridized carbons (Fsp3) is 0.941. The zero-order chi connectivity index (χ0) is 18.5. The van der Waals surface area contributed by atoms with E-state index >= 15 is 0 Å². The summed E-state index contributed by atoms with van der Waals surface area (Å²) in [7, 11) is -1.29. The predicted octanol–water partition coefficient (Wildman–Crippen LogP) is 1.03. The molecule has 0 spiro atoms. The van der Waals surface area contributed by atoms with E-state index in [1.54, 1.807) is 11.4 Å². The molecule has 0 saturated carbocycles. The lowest BCUT2D eigenvalue weighted by Gasteiger charge is -2.40. The number of hydrogen-bond donors (Lipinski definition) is 2. The minimum absolute atomic E-state index is 0.119. The number of aliphatic imine (C=N–C) groups is 1. The lowest BCUT2D eigenvalue weighted by Crippen LogP contribution is -2.48. The Morgan fingerprint density at radius 3 is 2.64 bits per heavy atom. The molecule has 0 aromatic heterocycles. The Kier molecular flexibility index (Phi) is 7.10. The van der Waals surface area contributed by atoms with Crippen LogP contribution in [0.1, 0.15) is 40.0 Å². The highest BCUT2D eigenvalue weighted by molar-refractivity contribution is 7.89. The topological polar surface area (TPSA) is 83.0 Å². The average Bonchev–Trinajstić information content (AvgIpc) is 2.88. The standard InChI is InChI=1S/C17H34N4O3S/c1-17(2,3)15-14(7-5-11-24-15)13-20-16(18-4)19-8-10-21-9-6-12-25(21,22)23/h14-15H,5-13H2,1-4H3,(H2,18,19,20). The quantitative estimate of drug-likeness (QED) is 0.555. The van der Waals surface area contributed by atoms with Crippen LogP contribution in [-0.4, -0.2) is 70.4 Å². The monoisotopic (exact) mass is 374 g/mol. The molecule has 2 atom stereocenters. The van der Waals surface area contributed by atoms with E-state index in [2.05, 4.69) is 36.4 Å². The molecule has 146 valence electrons. The van der Waals surface area contributed by atoms with Gasteiger partial charge in [0.2, 0.25) is 10.0 Å². The number of nitrogens with one attached hydrogen (secondary N) is 2. The molecule has 2 aliphatic heterocycles. The van der Waals surface area contributed by atoms with Crippen LogP contribution in [0.4, 0.5) is 0 Å². The molecule has 0 aromatic carbocycles. The third-order valence-corrected chi connectivity index (χ3v) is 6.87. The molecule has 7 nitrogen and oxygen atoms in total. The molecule has 0 aliphatic carbocycles. The predicted molar refractivity (Wildman–Crippen MR) is 101 cm³/mol. The van der Waals surface area contributed by atoms with E-state index in [0.717, 1.165) is 38.4 Å². The second-order valence-electron chi connectivity index (χ2n) is 8.01. The minimum Gasteiger partial charge on any atom is -0.377 e. The summed E-state index contributed by atoms with van der Waals surface area (Å²) >= 11 is 0. The second kappa shape index (κ2) is 8.68. The lowest BCUT2D eigenvalue weighted by molar-refractivity contribution is -0.0835. The van der Waals surface area contributed by atoms with Crippen molar-refractivity contribution in [3.63, 3.8) is 0 Å². The number of rotatable bonds is 5. The molecular weight excluding hydrogens is 340 g/mol. The Morgan fingerprint density at radius 2 is 2.04 bits per heavy atom. The Hall–Kier alpha value is -0.860. The van der Waals surface area contributed by atoms with Crippen LogP contribution >= 0.6 is 0 Å². The summed E-state index contributed by atoms with van der Waals surface area (Å²) in [5, 5.41) is 6.60. The zero-order valence-corrected chi connectivity index (χ0v) is 16.9. The summed E-state index contributed by atoms with van der Waals surface area (Å²) in [6.45, 7) is 9.99. The van der Waals surface area contributed by atoms with Gasteiger partial charge in [-0.05, 0) is 24.7 Å². The highest BCUT2D eigenvalue weighted by Crippen LogP contribution is 2.33. The summed E-state index contributed by atoms with van der Waals surface area (Å²) < 4.78 is 31.2. The first-order chi connectivity index (χ1) is 11.7. The first-order valence-corrected chi connectivity index (χ1v) is 10.9. The highest BCUT2D eigenvalue weighted by Gasteiger charge is 2.35. The van der Waals surface area contributed by atoms with Gasteiger partial charge in [0.15, 0.2) is 5.96 Å². The maximum atomic E-state index is 11.8. The molecule has 0 amide bonds. The lowest BCUT2D eigenvalue weighted by atomic mass is 9.78. The summed E-state index contributed by atoms with van der Waals surface area (Å²) in [6.07, 6.45) is 3.21. The molecule has 0 aromatic rings. The molecule has 0 bridgehead atoms. The Labute approximate surface area is 152 Å². The Bertz CT molecular complexity index is 557. The van der Waals surface area contributed by atoms with Gasteiger partial charge in [0.1, 0.15) is 0 Å². The zero-order valence-electron chi connectivity index (χ0n) is 16.0. The molecule has 2 N–H and O–H groups in total. The molecule has 2 saturated heterocycles. The average molecular weight is 375 g/mol. The van der Waals surface area contributed by atoms with E-state index in [1.807, 2.05) is 0 Å². The molecule has 2 heterocycles. The van der Waals surface area contributed by atoms with Crippen molar-refractivity contribution >= 4 is 16.0 Å². The Morgan fingerprint density at radius 1 is 1.28 bits per heavy atom. The molecule has 8 heteroatoms. The van der Waals surface area contributed by atoms with Crippen molar-refractivity contribution < 1.29 is 13.2 Å². The fourth-order valence-corrected chi connectivity index (χ4v) is 5.23. The van der Waals surface area contributed by atoms with Crippen LogP contribution in [0, 0.1) is 11.3 Å². The van der Waals surface area contributed by atoms with Crippen molar-refractivity contribution in [2.75, 3.05) is 45.6 Å². The number of hydrogen-bond acceptors (Lipinski definition) is 4. The van der Waals surface area contributed by atoms with Crippen LogP contribution in [0.2, 0.25) is 0 Å². The van der Waals surface area contributed by atoms with Gasteiger partial charge in [-0.25, -0.2) is 12.7 Å². The van der Waals surface area contributed by atoms with Gasteiger partial charge in [0.25, 0.3) is 0 Å². The van der Waals surface area contributed by atoms with Gasteiger partial charge in [-0.3, -0.25) is 4.99 Å². The van der Waals surface area contributed by atoms with Crippen molar-refractivity contribution in [3.05, 3.63) is 0 Å². The van der Waals surface area contributed by atoms with Gasteiger partial charge in [-0.15, -0.1) is 0 Å². The third-order valence-electron chi connectivity index (χ3n) is 4.91. The second-order valence-corrected chi connectivity index (χ2v) is 10.1. The normalized spacial score (nSPS) is 28.1. The Balaban J connectivity index is 1.78. The number of guanidine groups is 1. The molecule has 2 unspecified atom stereocenters. The van der Waals surface area contributed by atoms with E-state index < -0.39 is 10.0 Å². The first kappa shape index (κ1) is 20.5. The highest BCUT2D eigenvalue weighted by atomic mass is 32.2. The molecule has 2 rings (SSSR count). The summed E-state index contributed by atoms with van der Waals surface area (Å²) in [5.41, 5.74) is 0.119. The largest absolute Gasteiger partial charge is 0.377 e. The van der Waals surface area contributed by atoms with E-state index in [0.29, 0.717) is 25.6 Å². The van der Waals surface area contributed by atoms with Crippen LogP contribution in [0.5, 0.6) is 0 Å². The molecule has 2 fully saturated rings. The van der Waals surface area contributed by atoms with Crippen LogP contribution in [0.3, 0.4) is 0 Å². The summed E-state index contributed by atoms with van der Waals surface area (Å²) in [5.74, 6) is 1.44. The maximum Gasteiger partial charge on any atom is 0.214 e. The van der Waals surface area contributed by atoms with E-state index in [9.17, 15) is 8.42 Å². The minimum atomic E-state index is -3.03. The van der Waals surface area contributed by atoms with Crippen LogP contribution < -0.4 is 10.6 Å². The summed E-state index contributed by atoms with van der Waals surface area (Å²) in [6, 6.07) is 0. The van der Waals surface area contributed by atoms with Gasteiger partial charge in [-0.2, -0.15) is 0 Å². The number of sulfonamides is 1. The smallest absolute Gasteiger partial charge is 0.214 e. The van der Waals surface area contributed by atoms with Crippen molar-refractivity contribution in [1.29, 1.82) is 0 Å². The van der Waals surface area contributed by atoms with Crippen LogP contribution in [0.15, 0.2) is 4.99 Å². The summed E-state index contributed by atoms with van der Waals surface area (Å²) in [4.78, 5) is 4.25. The van der Waals surface area contributed by atoms with Crippen molar-refractivity contribution in [1.82, 2.24) is 14.9 Å². The molecule has 25 heavy (non-hydrogen) atoms. The van der Waals surface area contributed by atoms with Gasteiger partial charge >= 0.3 is 0 Å². The van der Waals surface area contributed by atoms with Gasteiger partial charge in [0, 0.05) is 45.8 Å². The molecule has 2 aliphatic rings. The maximum absolute atomic E-state index is 11.8. The SMILES string of the molecule is CN=C(NCCN1CCCS1(=O)=O)NCC1CCCOC1C(C)(C)C. The van der Waals surface area contributed by atoms with E-state index in [1.165, 1.54) is 0 Å². The van der Waals surface area contributed by atoms with Crippen molar-refractivity contribution in [2.45, 2.75) is 46.1 Å². The van der Waals surface area contributed by atoms with E-state index in [-0.39, 0.29) is 17.3 Å². The van der Waals surface area contributed by atoms with Gasteiger partial charge in [0.05, 0.1) is 11.9 Å². The van der Waals surface area contributed by atoms with Gasteiger partial charge in [-0.1, -0.05) is 20.8 Å². The third kappa shape index (κ3) is 5.82. The van der Waals surface area contributed by atoms with Gasteiger partial charge < -0.3 is 15.4 Å². The number of nitrogens with zero attached hydrogens (tertiary/aromatic N) is 2. The molecule has 0 radical (unpaired) electrons. The fourth-order valence-electron chi connectivity index (χ4n) is 3.70.